The van der Waals surface area contributed by atoms with Gasteiger partial charge in [0.1, 0.15) is 0 Å². The van der Waals surface area contributed by atoms with Gasteiger partial charge in [-0.05, 0) is 38.5 Å². The molecule has 0 aromatic carbocycles. The SMILES string of the molecule is Cc1ccc(C(=O)NCc2ccc(OC(C)C)nc2)s1. The maximum atomic E-state index is 11.9. The van der Waals surface area contributed by atoms with Crippen molar-refractivity contribution < 1.29 is 9.53 Å². The smallest absolute Gasteiger partial charge is 0.261 e. The van der Waals surface area contributed by atoms with Crippen molar-refractivity contribution in [1.82, 2.24) is 10.3 Å². The van der Waals surface area contributed by atoms with Gasteiger partial charge in [0.05, 0.1) is 11.0 Å². The number of nitrogens with zero attached hydrogens (tertiary/aromatic N) is 1. The van der Waals surface area contributed by atoms with Crippen LogP contribution in [0.25, 0.3) is 0 Å². The first-order valence-corrected chi connectivity index (χ1v) is 7.32. The summed E-state index contributed by atoms with van der Waals surface area (Å²) in [6.45, 7) is 6.36. The highest BCUT2D eigenvalue weighted by Crippen LogP contribution is 2.15. The second kappa shape index (κ2) is 6.52. The van der Waals surface area contributed by atoms with Crippen LogP contribution in [0.1, 0.15) is 34.0 Å². The van der Waals surface area contributed by atoms with Crippen molar-refractivity contribution in [3.63, 3.8) is 0 Å². The minimum absolute atomic E-state index is 0.0504. The van der Waals surface area contributed by atoms with Gasteiger partial charge >= 0.3 is 0 Å². The van der Waals surface area contributed by atoms with Gasteiger partial charge in [-0.25, -0.2) is 4.98 Å². The van der Waals surface area contributed by atoms with E-state index in [0.717, 1.165) is 15.3 Å². The largest absolute Gasteiger partial charge is 0.475 e. The molecule has 0 unspecified atom stereocenters. The standard InChI is InChI=1S/C15H18N2O2S/c1-10(2)19-14-7-5-12(8-16-14)9-17-15(18)13-6-4-11(3)20-13/h4-8,10H,9H2,1-3H3,(H,17,18). The lowest BCUT2D eigenvalue weighted by Crippen LogP contribution is -2.21. The van der Waals surface area contributed by atoms with E-state index >= 15 is 0 Å². The van der Waals surface area contributed by atoms with Crippen LogP contribution in [0.5, 0.6) is 5.88 Å². The number of pyridine rings is 1. The van der Waals surface area contributed by atoms with Gasteiger partial charge in [0, 0.05) is 23.7 Å². The summed E-state index contributed by atoms with van der Waals surface area (Å²) in [5, 5.41) is 2.88. The first kappa shape index (κ1) is 14.5. The number of carbonyl (C=O) groups is 1. The van der Waals surface area contributed by atoms with Crippen molar-refractivity contribution >= 4 is 17.2 Å². The van der Waals surface area contributed by atoms with Crippen molar-refractivity contribution in [2.45, 2.75) is 33.4 Å². The molecule has 4 nitrogen and oxygen atoms in total. The van der Waals surface area contributed by atoms with Crippen LogP contribution in [0.4, 0.5) is 0 Å². The quantitative estimate of drug-likeness (QED) is 0.920. The molecule has 0 saturated carbocycles. The third-order valence-electron chi connectivity index (χ3n) is 2.57. The number of rotatable bonds is 5. The molecule has 1 amide bonds. The number of carbonyl (C=O) groups excluding carboxylic acids is 1. The Morgan fingerprint density at radius 3 is 2.70 bits per heavy atom. The van der Waals surface area contributed by atoms with Crippen LogP contribution in [0, 0.1) is 6.92 Å². The van der Waals surface area contributed by atoms with Crippen molar-refractivity contribution in [2.24, 2.45) is 0 Å². The number of aryl methyl sites for hydroxylation is 1. The molecule has 0 bridgehead atoms. The molecule has 20 heavy (non-hydrogen) atoms. The molecule has 2 rings (SSSR count). The van der Waals surface area contributed by atoms with Crippen molar-refractivity contribution in [1.29, 1.82) is 0 Å². The maximum absolute atomic E-state index is 11.9. The zero-order valence-corrected chi connectivity index (χ0v) is 12.7. The lowest BCUT2D eigenvalue weighted by molar-refractivity contribution is 0.0955. The number of hydrogen-bond donors (Lipinski definition) is 1. The van der Waals surface area contributed by atoms with Gasteiger partial charge < -0.3 is 10.1 Å². The van der Waals surface area contributed by atoms with Crippen LogP contribution in [0.3, 0.4) is 0 Å². The summed E-state index contributed by atoms with van der Waals surface area (Å²) in [4.78, 5) is 18.0. The molecule has 106 valence electrons. The van der Waals surface area contributed by atoms with E-state index in [1.165, 1.54) is 11.3 Å². The highest BCUT2D eigenvalue weighted by atomic mass is 32.1. The molecule has 0 aliphatic rings. The topological polar surface area (TPSA) is 51.2 Å². The van der Waals surface area contributed by atoms with E-state index in [1.807, 2.05) is 45.0 Å². The van der Waals surface area contributed by atoms with E-state index in [-0.39, 0.29) is 12.0 Å². The molecule has 2 heterocycles. The van der Waals surface area contributed by atoms with Gasteiger partial charge in [-0.2, -0.15) is 0 Å². The second-order valence-electron chi connectivity index (χ2n) is 4.76. The Morgan fingerprint density at radius 1 is 1.35 bits per heavy atom. The first-order chi connectivity index (χ1) is 9.54. The molecule has 5 heteroatoms. The predicted octanol–water partition coefficient (Wildman–Crippen LogP) is 3.17. The Morgan fingerprint density at radius 2 is 2.15 bits per heavy atom. The van der Waals surface area contributed by atoms with E-state index in [9.17, 15) is 4.79 Å². The minimum Gasteiger partial charge on any atom is -0.475 e. The Hall–Kier alpha value is -1.88. The Bertz CT molecular complexity index is 576. The molecular formula is C15H18N2O2S. The maximum Gasteiger partial charge on any atom is 0.261 e. The molecule has 0 spiro atoms. The van der Waals surface area contributed by atoms with Gasteiger partial charge in [0.25, 0.3) is 5.91 Å². The fraction of sp³-hybridized carbons (Fsp3) is 0.333. The minimum atomic E-state index is -0.0504. The zero-order valence-electron chi connectivity index (χ0n) is 11.8. The van der Waals surface area contributed by atoms with Crippen LogP contribution in [-0.4, -0.2) is 17.0 Å². The van der Waals surface area contributed by atoms with E-state index in [1.54, 1.807) is 6.20 Å². The Kier molecular flexibility index (Phi) is 4.74. The lowest BCUT2D eigenvalue weighted by atomic mass is 10.3. The van der Waals surface area contributed by atoms with Crippen molar-refractivity contribution in [2.75, 3.05) is 0 Å². The van der Waals surface area contributed by atoms with Gasteiger partial charge in [0.15, 0.2) is 0 Å². The lowest BCUT2D eigenvalue weighted by Gasteiger charge is -2.09. The van der Waals surface area contributed by atoms with Gasteiger partial charge in [-0.3, -0.25) is 4.79 Å². The fourth-order valence-corrected chi connectivity index (χ4v) is 2.44. The van der Waals surface area contributed by atoms with E-state index in [2.05, 4.69) is 10.3 Å². The number of thiophene rings is 1. The average molecular weight is 290 g/mol. The third kappa shape index (κ3) is 4.06. The molecule has 0 aliphatic carbocycles. The monoisotopic (exact) mass is 290 g/mol. The summed E-state index contributed by atoms with van der Waals surface area (Å²) in [6.07, 6.45) is 1.83. The normalized spacial score (nSPS) is 10.6. The molecule has 2 aromatic heterocycles. The number of ether oxygens (including phenoxy) is 1. The summed E-state index contributed by atoms with van der Waals surface area (Å²) >= 11 is 1.49. The van der Waals surface area contributed by atoms with E-state index < -0.39 is 0 Å². The van der Waals surface area contributed by atoms with Gasteiger partial charge in [-0.15, -0.1) is 11.3 Å². The summed E-state index contributed by atoms with van der Waals surface area (Å²) in [5.74, 6) is 0.551. The highest BCUT2D eigenvalue weighted by Gasteiger charge is 2.07. The zero-order chi connectivity index (χ0) is 14.5. The molecule has 0 saturated heterocycles. The molecule has 0 atom stereocenters. The highest BCUT2D eigenvalue weighted by molar-refractivity contribution is 7.13. The van der Waals surface area contributed by atoms with Crippen molar-refractivity contribution in [3.05, 3.63) is 45.8 Å². The van der Waals surface area contributed by atoms with Crippen molar-refractivity contribution in [3.8, 4) is 5.88 Å². The third-order valence-corrected chi connectivity index (χ3v) is 3.57. The number of hydrogen-bond acceptors (Lipinski definition) is 4. The van der Waals surface area contributed by atoms with Crippen LogP contribution in [-0.2, 0) is 6.54 Å². The molecule has 2 aromatic rings. The molecule has 1 N–H and O–H groups in total. The van der Waals surface area contributed by atoms with Crippen LogP contribution >= 0.6 is 11.3 Å². The summed E-state index contributed by atoms with van der Waals surface area (Å²) in [7, 11) is 0. The molecular weight excluding hydrogens is 272 g/mol. The van der Waals surface area contributed by atoms with Crippen LogP contribution in [0.15, 0.2) is 30.5 Å². The summed E-state index contributed by atoms with van der Waals surface area (Å²) in [5.41, 5.74) is 0.947. The van der Waals surface area contributed by atoms with E-state index in [0.29, 0.717) is 12.4 Å². The van der Waals surface area contributed by atoms with Gasteiger partial charge in [-0.1, -0.05) is 6.07 Å². The fourth-order valence-electron chi connectivity index (χ4n) is 1.65. The summed E-state index contributed by atoms with van der Waals surface area (Å²) in [6, 6.07) is 7.51. The van der Waals surface area contributed by atoms with Crippen LogP contribution < -0.4 is 10.1 Å². The first-order valence-electron chi connectivity index (χ1n) is 6.51. The Balaban J connectivity index is 1.89. The average Bonchev–Trinajstić information content (AvgIpc) is 2.84. The molecule has 0 aliphatic heterocycles. The number of nitrogens with one attached hydrogen (secondary N) is 1. The van der Waals surface area contributed by atoms with Crippen LogP contribution in [0.2, 0.25) is 0 Å². The van der Waals surface area contributed by atoms with Gasteiger partial charge in [0.2, 0.25) is 5.88 Å². The molecule has 0 radical (unpaired) electrons. The summed E-state index contributed by atoms with van der Waals surface area (Å²) < 4.78 is 5.47. The number of aromatic nitrogens is 1. The van der Waals surface area contributed by atoms with E-state index in [4.69, 9.17) is 4.74 Å². The predicted molar refractivity (Wildman–Crippen MR) is 80.2 cm³/mol. The number of amides is 1. The second-order valence-corrected chi connectivity index (χ2v) is 6.05. The molecule has 0 fully saturated rings. The Labute approximate surface area is 122 Å².